The third kappa shape index (κ3) is 2.67. The molecule has 2 heterocycles. The first-order chi connectivity index (χ1) is 11.7. The summed E-state index contributed by atoms with van der Waals surface area (Å²) < 4.78 is 5.67. The van der Waals surface area contributed by atoms with Crippen molar-refractivity contribution in [3.05, 3.63) is 53.7 Å². The topological polar surface area (TPSA) is 79.0 Å². The predicted molar refractivity (Wildman–Crippen MR) is 92.3 cm³/mol. The van der Waals surface area contributed by atoms with Gasteiger partial charge in [0.05, 0.1) is 30.0 Å². The van der Waals surface area contributed by atoms with Gasteiger partial charge in [-0.05, 0) is 25.1 Å². The van der Waals surface area contributed by atoms with Crippen LogP contribution in [0.5, 0.6) is 5.75 Å². The van der Waals surface area contributed by atoms with Crippen LogP contribution in [0.3, 0.4) is 0 Å². The number of hydrogen-bond acceptors (Lipinski definition) is 3. The van der Waals surface area contributed by atoms with Gasteiger partial charge < -0.3 is 15.4 Å². The van der Waals surface area contributed by atoms with E-state index in [1.54, 1.807) is 6.20 Å². The van der Waals surface area contributed by atoms with Gasteiger partial charge in [-0.1, -0.05) is 23.8 Å². The zero-order valence-electron chi connectivity index (χ0n) is 13.3. The minimum absolute atomic E-state index is 0.0581. The van der Waals surface area contributed by atoms with Crippen molar-refractivity contribution in [2.45, 2.75) is 19.4 Å². The molecule has 1 aliphatic rings. The van der Waals surface area contributed by atoms with Gasteiger partial charge >= 0.3 is 6.03 Å². The van der Waals surface area contributed by atoms with E-state index in [0.29, 0.717) is 6.61 Å². The largest absolute Gasteiger partial charge is 0.493 e. The second-order valence-electron chi connectivity index (χ2n) is 5.97. The molecule has 0 radical (unpaired) electrons. The smallest absolute Gasteiger partial charge is 0.319 e. The molecule has 3 N–H and O–H groups in total. The zero-order valence-corrected chi connectivity index (χ0v) is 13.3. The summed E-state index contributed by atoms with van der Waals surface area (Å²) in [7, 11) is 0. The third-order valence-corrected chi connectivity index (χ3v) is 4.24. The Bertz CT molecular complexity index is 903. The standard InChI is InChI=1S/C18H18N4O2/c1-11-5-6-17-12(9-11)15(7-8-24-17)21-18(23)20-14-3-2-4-16-13(14)10-19-22-16/h2-6,9-10,15H,7-8H2,1H3,(H,19,22)(H2,20,21,23). The highest BCUT2D eigenvalue weighted by atomic mass is 16.5. The van der Waals surface area contributed by atoms with E-state index in [-0.39, 0.29) is 12.1 Å². The number of nitrogens with zero attached hydrogens (tertiary/aromatic N) is 1. The maximum Gasteiger partial charge on any atom is 0.319 e. The van der Waals surface area contributed by atoms with E-state index in [1.807, 2.05) is 37.3 Å². The molecular weight excluding hydrogens is 304 g/mol. The molecule has 3 aromatic rings. The molecule has 0 saturated carbocycles. The Morgan fingerprint density at radius 3 is 3.17 bits per heavy atom. The van der Waals surface area contributed by atoms with Crippen LogP contribution in [0.25, 0.3) is 10.9 Å². The Hall–Kier alpha value is -3.02. The van der Waals surface area contributed by atoms with Gasteiger partial charge in [0.1, 0.15) is 5.75 Å². The van der Waals surface area contributed by atoms with Crippen LogP contribution in [0.2, 0.25) is 0 Å². The van der Waals surface area contributed by atoms with E-state index in [4.69, 9.17) is 4.74 Å². The van der Waals surface area contributed by atoms with E-state index in [0.717, 1.165) is 39.9 Å². The number of amides is 2. The summed E-state index contributed by atoms with van der Waals surface area (Å²) >= 11 is 0. The Morgan fingerprint density at radius 2 is 2.25 bits per heavy atom. The summed E-state index contributed by atoms with van der Waals surface area (Å²) in [6.07, 6.45) is 2.46. The van der Waals surface area contributed by atoms with Crippen LogP contribution in [0.15, 0.2) is 42.6 Å². The van der Waals surface area contributed by atoms with Crippen molar-refractivity contribution in [2.24, 2.45) is 0 Å². The normalized spacial score (nSPS) is 16.3. The maximum absolute atomic E-state index is 12.4. The first kappa shape index (κ1) is 14.6. The van der Waals surface area contributed by atoms with Gasteiger partial charge in [0, 0.05) is 17.4 Å². The van der Waals surface area contributed by atoms with Gasteiger partial charge in [0.15, 0.2) is 0 Å². The molecule has 6 heteroatoms. The lowest BCUT2D eigenvalue weighted by Gasteiger charge is -2.27. The summed E-state index contributed by atoms with van der Waals surface area (Å²) in [5, 5.41) is 13.8. The molecule has 0 saturated heterocycles. The number of fused-ring (bicyclic) bond motifs is 2. The van der Waals surface area contributed by atoms with E-state index < -0.39 is 0 Å². The van der Waals surface area contributed by atoms with Crippen molar-refractivity contribution in [3.8, 4) is 5.75 Å². The van der Waals surface area contributed by atoms with Crippen molar-refractivity contribution in [1.82, 2.24) is 15.5 Å². The molecule has 6 nitrogen and oxygen atoms in total. The van der Waals surface area contributed by atoms with Gasteiger partial charge in [0.2, 0.25) is 0 Å². The second-order valence-corrected chi connectivity index (χ2v) is 5.97. The Kier molecular flexibility index (Phi) is 3.57. The molecular formula is C18H18N4O2. The first-order valence-corrected chi connectivity index (χ1v) is 7.94. The molecule has 1 aromatic heterocycles. The number of carbonyl (C=O) groups is 1. The minimum atomic E-state index is -0.233. The number of aryl methyl sites for hydroxylation is 1. The monoisotopic (exact) mass is 322 g/mol. The van der Waals surface area contributed by atoms with Crippen molar-refractivity contribution in [3.63, 3.8) is 0 Å². The Labute approximate surface area is 139 Å². The Balaban J connectivity index is 1.53. The van der Waals surface area contributed by atoms with Crippen molar-refractivity contribution < 1.29 is 9.53 Å². The lowest BCUT2D eigenvalue weighted by atomic mass is 9.99. The summed E-state index contributed by atoms with van der Waals surface area (Å²) in [6.45, 7) is 2.63. The number of urea groups is 1. The average Bonchev–Trinajstić information content (AvgIpc) is 3.05. The number of benzene rings is 2. The number of nitrogens with one attached hydrogen (secondary N) is 3. The lowest BCUT2D eigenvalue weighted by molar-refractivity contribution is 0.232. The van der Waals surface area contributed by atoms with Gasteiger partial charge in [-0.15, -0.1) is 0 Å². The summed E-state index contributed by atoms with van der Waals surface area (Å²) in [4.78, 5) is 12.4. The fraction of sp³-hybridized carbons (Fsp3) is 0.222. The number of anilines is 1. The van der Waals surface area contributed by atoms with Crippen molar-refractivity contribution in [2.75, 3.05) is 11.9 Å². The van der Waals surface area contributed by atoms with Crippen molar-refractivity contribution >= 4 is 22.6 Å². The van der Waals surface area contributed by atoms with Crippen LogP contribution < -0.4 is 15.4 Å². The first-order valence-electron chi connectivity index (χ1n) is 7.94. The fourth-order valence-electron chi connectivity index (χ4n) is 3.06. The molecule has 0 fully saturated rings. The quantitative estimate of drug-likeness (QED) is 0.675. The van der Waals surface area contributed by atoms with E-state index >= 15 is 0 Å². The minimum Gasteiger partial charge on any atom is -0.493 e. The molecule has 1 aliphatic heterocycles. The highest BCUT2D eigenvalue weighted by molar-refractivity contribution is 6.00. The number of rotatable bonds is 2. The van der Waals surface area contributed by atoms with Crippen LogP contribution in [0.1, 0.15) is 23.6 Å². The molecule has 2 aromatic carbocycles. The highest BCUT2D eigenvalue weighted by Crippen LogP contribution is 2.32. The van der Waals surface area contributed by atoms with Crippen LogP contribution in [0, 0.1) is 6.92 Å². The van der Waals surface area contributed by atoms with Gasteiger partial charge in [0.25, 0.3) is 0 Å². The maximum atomic E-state index is 12.4. The van der Waals surface area contributed by atoms with Gasteiger partial charge in [-0.25, -0.2) is 4.79 Å². The van der Waals surface area contributed by atoms with Gasteiger partial charge in [-0.3, -0.25) is 5.10 Å². The number of hydrogen-bond donors (Lipinski definition) is 3. The van der Waals surface area contributed by atoms with Crippen LogP contribution in [-0.4, -0.2) is 22.8 Å². The number of ether oxygens (including phenoxy) is 1. The zero-order chi connectivity index (χ0) is 16.5. The molecule has 122 valence electrons. The number of carbonyl (C=O) groups excluding carboxylic acids is 1. The summed E-state index contributed by atoms with van der Waals surface area (Å²) in [5.74, 6) is 0.842. The van der Waals surface area contributed by atoms with Gasteiger partial charge in [-0.2, -0.15) is 5.10 Å². The molecule has 0 spiro atoms. The van der Waals surface area contributed by atoms with E-state index in [2.05, 4.69) is 26.9 Å². The SMILES string of the molecule is Cc1ccc2c(c1)C(NC(=O)Nc1cccc3[nH]ncc13)CCO2. The molecule has 0 aliphatic carbocycles. The fourth-order valence-corrected chi connectivity index (χ4v) is 3.06. The molecule has 1 unspecified atom stereocenters. The summed E-state index contributed by atoms with van der Waals surface area (Å²) in [6, 6.07) is 11.4. The Morgan fingerprint density at radius 1 is 1.33 bits per heavy atom. The van der Waals surface area contributed by atoms with Crippen LogP contribution >= 0.6 is 0 Å². The molecule has 4 rings (SSSR count). The molecule has 24 heavy (non-hydrogen) atoms. The molecule has 0 bridgehead atoms. The van der Waals surface area contributed by atoms with Crippen LogP contribution in [-0.2, 0) is 0 Å². The molecule has 1 atom stereocenters. The van der Waals surface area contributed by atoms with Crippen molar-refractivity contribution in [1.29, 1.82) is 0 Å². The number of aromatic amines is 1. The third-order valence-electron chi connectivity index (χ3n) is 4.24. The lowest BCUT2D eigenvalue weighted by Crippen LogP contribution is -2.35. The second kappa shape index (κ2) is 5.88. The average molecular weight is 322 g/mol. The molecule has 2 amide bonds. The highest BCUT2D eigenvalue weighted by Gasteiger charge is 2.23. The number of H-pyrrole nitrogens is 1. The van der Waals surface area contributed by atoms with E-state index in [9.17, 15) is 4.79 Å². The number of aromatic nitrogens is 2. The summed E-state index contributed by atoms with van der Waals surface area (Å²) in [5.41, 5.74) is 3.79. The van der Waals surface area contributed by atoms with E-state index in [1.165, 1.54) is 0 Å². The predicted octanol–water partition coefficient (Wildman–Crippen LogP) is 3.52. The van der Waals surface area contributed by atoms with Crippen LogP contribution in [0.4, 0.5) is 10.5 Å².